The molecule has 2 aromatic carbocycles. The first-order chi connectivity index (χ1) is 14.5. The van der Waals surface area contributed by atoms with Crippen LogP contribution in [0.3, 0.4) is 0 Å². The fourth-order valence-corrected chi connectivity index (χ4v) is 4.95. The molecule has 30 heavy (non-hydrogen) atoms. The molecular weight excluding hydrogens is 450 g/mol. The molecule has 8 heteroatoms. The van der Waals surface area contributed by atoms with Crippen molar-refractivity contribution in [3.05, 3.63) is 64.1 Å². The summed E-state index contributed by atoms with van der Waals surface area (Å²) in [6, 6.07) is 15.7. The molecule has 1 amide bonds. The van der Waals surface area contributed by atoms with Crippen LogP contribution >= 0.6 is 15.9 Å². The Labute approximate surface area is 182 Å². The SMILES string of the molecule is NC1=NC2(CO1)c1cc(Br)ccc1O[C@H]1CCN(C(=O)OCc3ccccc3)C[C@@H]12. The van der Waals surface area contributed by atoms with Gasteiger partial charge in [-0.3, -0.25) is 0 Å². The Bertz CT molecular complexity index is 999. The number of likely N-dealkylation sites (tertiary alicyclic amines) is 1. The lowest BCUT2D eigenvalue weighted by atomic mass is 9.71. The minimum absolute atomic E-state index is 0.0740. The van der Waals surface area contributed by atoms with E-state index in [2.05, 4.69) is 15.9 Å². The smallest absolute Gasteiger partial charge is 0.410 e. The van der Waals surface area contributed by atoms with E-state index in [-0.39, 0.29) is 30.7 Å². The fourth-order valence-electron chi connectivity index (χ4n) is 4.59. The van der Waals surface area contributed by atoms with Crippen molar-refractivity contribution in [2.45, 2.75) is 24.7 Å². The maximum atomic E-state index is 12.8. The third-order valence-electron chi connectivity index (χ3n) is 6.06. The van der Waals surface area contributed by atoms with E-state index in [4.69, 9.17) is 24.9 Å². The van der Waals surface area contributed by atoms with E-state index >= 15 is 0 Å². The Kier molecular flexibility index (Phi) is 4.81. The van der Waals surface area contributed by atoms with E-state index < -0.39 is 5.54 Å². The number of amidine groups is 1. The van der Waals surface area contributed by atoms with Crippen molar-refractivity contribution in [3.63, 3.8) is 0 Å². The van der Waals surface area contributed by atoms with Gasteiger partial charge in [0.2, 0.25) is 0 Å². The predicted molar refractivity (Wildman–Crippen MR) is 114 cm³/mol. The molecule has 3 aliphatic heterocycles. The van der Waals surface area contributed by atoms with Crippen LogP contribution in [0.4, 0.5) is 4.79 Å². The van der Waals surface area contributed by atoms with Crippen LogP contribution in [0, 0.1) is 5.92 Å². The zero-order chi connectivity index (χ0) is 20.7. The van der Waals surface area contributed by atoms with Crippen LogP contribution in [0.15, 0.2) is 58.0 Å². The molecule has 3 aliphatic rings. The normalized spacial score (nSPS) is 26.8. The van der Waals surface area contributed by atoms with Crippen molar-refractivity contribution in [2.75, 3.05) is 19.7 Å². The molecule has 1 spiro atoms. The molecule has 3 atom stereocenters. The molecule has 0 bridgehead atoms. The molecule has 156 valence electrons. The van der Waals surface area contributed by atoms with Gasteiger partial charge in [-0.05, 0) is 23.8 Å². The van der Waals surface area contributed by atoms with Crippen LogP contribution in [-0.4, -0.2) is 42.8 Å². The number of carbonyl (C=O) groups excluding carboxylic acids is 1. The number of hydrogen-bond donors (Lipinski definition) is 1. The first kappa shape index (κ1) is 19.2. The van der Waals surface area contributed by atoms with Gasteiger partial charge in [0.05, 0.1) is 0 Å². The van der Waals surface area contributed by atoms with E-state index in [1.54, 1.807) is 4.90 Å². The summed E-state index contributed by atoms with van der Waals surface area (Å²) in [5.74, 6) is 0.708. The number of ether oxygens (including phenoxy) is 3. The van der Waals surface area contributed by atoms with Gasteiger partial charge in [0.15, 0.2) is 0 Å². The van der Waals surface area contributed by atoms with Gasteiger partial charge in [-0.15, -0.1) is 0 Å². The maximum Gasteiger partial charge on any atom is 0.410 e. The molecule has 0 aromatic heterocycles. The largest absolute Gasteiger partial charge is 0.490 e. The Morgan fingerprint density at radius 1 is 1.30 bits per heavy atom. The lowest BCUT2D eigenvalue weighted by molar-refractivity contribution is -0.0234. The highest BCUT2D eigenvalue weighted by molar-refractivity contribution is 9.10. The fraction of sp³-hybridized carbons (Fsp3) is 0.364. The van der Waals surface area contributed by atoms with Crippen LogP contribution in [0.2, 0.25) is 0 Å². The summed E-state index contributed by atoms with van der Waals surface area (Å²) in [7, 11) is 0. The second-order valence-electron chi connectivity index (χ2n) is 7.84. The van der Waals surface area contributed by atoms with E-state index in [0.29, 0.717) is 26.1 Å². The second kappa shape index (κ2) is 7.50. The number of fused-ring (bicyclic) bond motifs is 4. The molecule has 1 saturated heterocycles. The summed E-state index contributed by atoms with van der Waals surface area (Å²) >= 11 is 3.54. The number of benzene rings is 2. The number of amides is 1. The van der Waals surface area contributed by atoms with Crippen LogP contribution in [0.5, 0.6) is 5.75 Å². The molecule has 3 heterocycles. The summed E-state index contributed by atoms with van der Waals surface area (Å²) in [6.07, 6.45) is 0.288. The minimum atomic E-state index is -0.676. The quantitative estimate of drug-likeness (QED) is 0.724. The third kappa shape index (κ3) is 3.29. The number of piperidine rings is 1. The standard InChI is InChI=1S/C22H22BrN3O4/c23-15-6-7-18-16(10-15)22(13-29-20(24)25-22)17-11-26(9-8-19(17)30-18)21(27)28-12-14-4-2-1-3-5-14/h1-7,10,17,19H,8-9,11-13H2,(H2,24,25)/t17-,19-,22?/m0/s1. The van der Waals surface area contributed by atoms with Gasteiger partial charge in [0.25, 0.3) is 6.02 Å². The van der Waals surface area contributed by atoms with E-state index in [9.17, 15) is 4.79 Å². The summed E-state index contributed by atoms with van der Waals surface area (Å²) in [5.41, 5.74) is 7.14. The molecule has 1 fully saturated rings. The van der Waals surface area contributed by atoms with Gasteiger partial charge in [-0.2, -0.15) is 0 Å². The van der Waals surface area contributed by atoms with Gasteiger partial charge in [-0.25, -0.2) is 9.79 Å². The average Bonchev–Trinajstić information content (AvgIpc) is 3.16. The highest BCUT2D eigenvalue weighted by atomic mass is 79.9. The van der Waals surface area contributed by atoms with Crippen LogP contribution in [0.25, 0.3) is 0 Å². The molecule has 0 radical (unpaired) electrons. The Morgan fingerprint density at radius 3 is 2.90 bits per heavy atom. The molecule has 2 N–H and O–H groups in total. The summed E-state index contributed by atoms with van der Waals surface area (Å²) in [5, 5.41) is 0. The Morgan fingerprint density at radius 2 is 2.13 bits per heavy atom. The van der Waals surface area contributed by atoms with Crippen molar-refractivity contribution >= 4 is 28.0 Å². The van der Waals surface area contributed by atoms with Crippen molar-refractivity contribution in [1.82, 2.24) is 4.90 Å². The van der Waals surface area contributed by atoms with Crippen molar-refractivity contribution < 1.29 is 19.0 Å². The van der Waals surface area contributed by atoms with E-state index in [0.717, 1.165) is 21.3 Å². The van der Waals surface area contributed by atoms with E-state index in [1.807, 2.05) is 48.5 Å². The molecule has 1 unspecified atom stereocenters. The number of aliphatic imine (C=N–C) groups is 1. The Hall–Kier alpha value is -2.74. The van der Waals surface area contributed by atoms with Gasteiger partial charge in [0, 0.05) is 35.5 Å². The topological polar surface area (TPSA) is 86.4 Å². The highest BCUT2D eigenvalue weighted by Gasteiger charge is 2.56. The van der Waals surface area contributed by atoms with Gasteiger partial charge >= 0.3 is 6.09 Å². The maximum absolute atomic E-state index is 12.8. The minimum Gasteiger partial charge on any atom is -0.490 e. The highest BCUT2D eigenvalue weighted by Crippen LogP contribution is 2.50. The zero-order valence-corrected chi connectivity index (χ0v) is 17.9. The van der Waals surface area contributed by atoms with Crippen molar-refractivity contribution in [1.29, 1.82) is 0 Å². The van der Waals surface area contributed by atoms with Crippen molar-refractivity contribution in [3.8, 4) is 5.75 Å². The van der Waals surface area contributed by atoms with Crippen LogP contribution < -0.4 is 10.5 Å². The number of rotatable bonds is 2. The van der Waals surface area contributed by atoms with Crippen molar-refractivity contribution in [2.24, 2.45) is 16.6 Å². The molecule has 7 nitrogen and oxygen atoms in total. The number of nitrogens with zero attached hydrogens (tertiary/aromatic N) is 2. The van der Waals surface area contributed by atoms with Crippen LogP contribution in [0.1, 0.15) is 17.5 Å². The van der Waals surface area contributed by atoms with Gasteiger partial charge in [-0.1, -0.05) is 46.3 Å². The lowest BCUT2D eigenvalue weighted by Gasteiger charge is -2.48. The third-order valence-corrected chi connectivity index (χ3v) is 6.56. The molecule has 5 rings (SSSR count). The predicted octanol–water partition coefficient (Wildman–Crippen LogP) is 3.41. The number of carbonyl (C=O) groups is 1. The average molecular weight is 472 g/mol. The second-order valence-corrected chi connectivity index (χ2v) is 8.76. The Balaban J connectivity index is 1.39. The number of halogens is 1. The zero-order valence-electron chi connectivity index (χ0n) is 16.3. The lowest BCUT2D eigenvalue weighted by Crippen LogP contribution is -2.58. The van der Waals surface area contributed by atoms with Gasteiger partial charge < -0.3 is 24.8 Å². The van der Waals surface area contributed by atoms with Crippen LogP contribution in [-0.2, 0) is 21.6 Å². The number of nitrogens with two attached hydrogens (primary N) is 1. The monoisotopic (exact) mass is 471 g/mol. The summed E-state index contributed by atoms with van der Waals surface area (Å²) in [6.45, 7) is 1.61. The molecule has 0 aliphatic carbocycles. The molecule has 0 saturated carbocycles. The summed E-state index contributed by atoms with van der Waals surface area (Å²) < 4.78 is 18.4. The van der Waals surface area contributed by atoms with E-state index in [1.165, 1.54) is 0 Å². The molecular formula is C22H22BrN3O4. The first-order valence-corrected chi connectivity index (χ1v) is 10.7. The molecule has 2 aromatic rings. The summed E-state index contributed by atoms with van der Waals surface area (Å²) in [4.78, 5) is 19.2. The number of hydrogen-bond acceptors (Lipinski definition) is 6. The first-order valence-electron chi connectivity index (χ1n) is 9.95. The van der Waals surface area contributed by atoms with Gasteiger partial charge in [0.1, 0.15) is 30.6 Å².